The van der Waals surface area contributed by atoms with Gasteiger partial charge in [-0.2, -0.15) is 0 Å². The minimum Gasteiger partial charge on any atom is -0.455 e. The smallest absolute Gasteiger partial charge is 0.164 e. The van der Waals surface area contributed by atoms with Crippen LogP contribution in [-0.2, 0) is 0 Å². The second-order valence-corrected chi connectivity index (χ2v) is 28.6. The van der Waals surface area contributed by atoms with Gasteiger partial charge in [-0.3, -0.25) is 0 Å². The van der Waals surface area contributed by atoms with Crippen molar-refractivity contribution < 1.29 is 17.7 Å². The van der Waals surface area contributed by atoms with E-state index in [2.05, 4.69) is 255 Å². The third-order valence-electron chi connectivity index (χ3n) is 21.9. The number of rotatable bonds is 11. The van der Waals surface area contributed by atoms with E-state index in [4.69, 9.17) is 47.6 Å². The molecular weight excluding hydrogens is 1400 g/mol. The van der Waals surface area contributed by atoms with Crippen molar-refractivity contribution in [3.05, 3.63) is 376 Å². The lowest BCUT2D eigenvalue weighted by molar-refractivity contribution is 0.669. The third-order valence-corrected chi connectivity index (χ3v) is 21.9. The highest BCUT2D eigenvalue weighted by molar-refractivity contribution is 6.26. The topological polar surface area (TPSA) is 130 Å². The van der Waals surface area contributed by atoms with Crippen molar-refractivity contribution >= 4 is 109 Å². The van der Waals surface area contributed by atoms with Gasteiger partial charge in [0.15, 0.2) is 34.9 Å². The van der Waals surface area contributed by atoms with Crippen LogP contribution in [0.4, 0.5) is 0 Å². The number of hydrogen-bond acceptors (Lipinski definition) is 10. The van der Waals surface area contributed by atoms with Crippen LogP contribution in [0.15, 0.2) is 394 Å². The molecule has 532 valence electrons. The summed E-state index contributed by atoms with van der Waals surface area (Å²) < 4.78 is 26.5. The molecule has 114 heavy (non-hydrogen) atoms. The Hall–Kier alpha value is -15.5. The Labute approximate surface area is 652 Å². The van der Waals surface area contributed by atoms with E-state index in [1.807, 2.05) is 121 Å². The first kappa shape index (κ1) is 65.6. The van der Waals surface area contributed by atoms with E-state index in [-0.39, 0.29) is 0 Å². The molecular formula is C104H62N6O4. The maximum atomic E-state index is 6.74. The predicted octanol–water partition coefficient (Wildman–Crippen LogP) is 28.0. The highest BCUT2D eigenvalue weighted by Crippen LogP contribution is 2.49. The normalized spacial score (nSPS) is 11.7. The molecule has 0 bridgehead atoms. The molecule has 6 aromatic heterocycles. The highest BCUT2D eigenvalue weighted by Gasteiger charge is 2.25. The van der Waals surface area contributed by atoms with Gasteiger partial charge < -0.3 is 17.7 Å². The molecule has 23 rings (SSSR count). The number of nitrogens with zero attached hydrogens (tertiary/aromatic N) is 6. The summed E-state index contributed by atoms with van der Waals surface area (Å²) in [5.41, 5.74) is 23.2. The van der Waals surface area contributed by atoms with Gasteiger partial charge in [0.2, 0.25) is 0 Å². The van der Waals surface area contributed by atoms with Gasteiger partial charge in [-0.1, -0.05) is 328 Å². The standard InChI is InChI=1S/C55H33N3O2.C49H29N3O2/c1-3-14-34(15-4-1)38-18-11-19-39(32-38)55-57-53(36-16-5-2-6-17-36)56-54(58-55)37-30-28-35(29-31-37)46-33-47-50-42(23-13-27-49(50)60-52(47)43-22-8-7-20-40(43)46)45-25-12-24-44-41-21-9-10-26-48(41)59-51(44)45;1-3-14-30(15-4-1)47-50-48(31-16-5-2-6-17-31)52-49(51-47)33-19-11-18-32(28-33)40-29-41-44-36(23-13-27-43(44)54-46(41)37-22-8-7-20-34(37)40)39-25-12-24-38-35-21-9-10-26-42(35)53-45(38)39/h1-33H;1-29H. The molecule has 0 unspecified atom stereocenters. The number of fused-ring (bicyclic) bond motifs is 16. The van der Waals surface area contributed by atoms with E-state index in [0.29, 0.717) is 34.9 Å². The minimum atomic E-state index is 0.612. The summed E-state index contributed by atoms with van der Waals surface area (Å²) >= 11 is 0. The zero-order valence-electron chi connectivity index (χ0n) is 61.1. The molecule has 6 heterocycles. The van der Waals surface area contributed by atoms with Crippen LogP contribution >= 0.6 is 0 Å². The molecule has 0 spiro atoms. The van der Waals surface area contributed by atoms with Crippen LogP contribution in [0.25, 0.3) is 233 Å². The molecule has 0 aliphatic rings. The number of furan rings is 4. The van der Waals surface area contributed by atoms with Gasteiger partial charge >= 0.3 is 0 Å². The molecule has 0 radical (unpaired) electrons. The van der Waals surface area contributed by atoms with Crippen LogP contribution in [0.2, 0.25) is 0 Å². The van der Waals surface area contributed by atoms with Crippen molar-refractivity contribution in [3.8, 4) is 124 Å². The van der Waals surface area contributed by atoms with Crippen molar-refractivity contribution in [2.45, 2.75) is 0 Å². The van der Waals surface area contributed by atoms with Crippen LogP contribution in [0, 0.1) is 0 Å². The van der Waals surface area contributed by atoms with E-state index in [1.165, 1.54) is 0 Å². The summed E-state index contributed by atoms with van der Waals surface area (Å²) in [6.07, 6.45) is 0. The van der Waals surface area contributed by atoms with Gasteiger partial charge in [-0.25, -0.2) is 29.9 Å². The Morgan fingerprint density at radius 1 is 0.140 bits per heavy atom. The summed E-state index contributed by atoms with van der Waals surface area (Å²) in [6, 6.07) is 129. The minimum absolute atomic E-state index is 0.612. The fourth-order valence-electron chi connectivity index (χ4n) is 16.5. The van der Waals surface area contributed by atoms with Gasteiger partial charge in [0, 0.05) is 98.4 Å². The van der Waals surface area contributed by atoms with Crippen molar-refractivity contribution in [2.75, 3.05) is 0 Å². The molecule has 10 heteroatoms. The van der Waals surface area contributed by atoms with Gasteiger partial charge in [-0.15, -0.1) is 0 Å². The van der Waals surface area contributed by atoms with E-state index in [9.17, 15) is 0 Å². The summed E-state index contributed by atoms with van der Waals surface area (Å²) in [5.74, 6) is 3.74. The summed E-state index contributed by atoms with van der Waals surface area (Å²) in [7, 11) is 0. The number of aromatic nitrogens is 6. The first-order valence-corrected chi connectivity index (χ1v) is 38.1. The number of para-hydroxylation sites is 4. The summed E-state index contributed by atoms with van der Waals surface area (Å²) in [6.45, 7) is 0. The molecule has 0 aliphatic heterocycles. The second kappa shape index (κ2) is 27.2. The van der Waals surface area contributed by atoms with Gasteiger partial charge in [-0.05, 0) is 104 Å². The van der Waals surface area contributed by atoms with Crippen molar-refractivity contribution in [3.63, 3.8) is 0 Å². The first-order chi connectivity index (χ1) is 56.5. The molecule has 0 atom stereocenters. The van der Waals surface area contributed by atoms with Crippen molar-refractivity contribution in [1.29, 1.82) is 0 Å². The average molecular weight is 1460 g/mol. The molecule has 0 saturated carbocycles. The van der Waals surface area contributed by atoms with Crippen molar-refractivity contribution in [1.82, 2.24) is 29.9 Å². The second-order valence-electron chi connectivity index (χ2n) is 28.6. The Bertz CT molecular complexity index is 7670. The predicted molar refractivity (Wildman–Crippen MR) is 464 cm³/mol. The lowest BCUT2D eigenvalue weighted by atomic mass is 9.92. The van der Waals surface area contributed by atoms with Crippen LogP contribution in [0.5, 0.6) is 0 Å². The summed E-state index contributed by atoms with van der Waals surface area (Å²) in [4.78, 5) is 30.1. The fraction of sp³-hybridized carbons (Fsp3) is 0. The first-order valence-electron chi connectivity index (χ1n) is 38.1. The fourth-order valence-corrected chi connectivity index (χ4v) is 16.5. The summed E-state index contributed by atoms with van der Waals surface area (Å²) in [5, 5.41) is 13.0. The van der Waals surface area contributed by atoms with Crippen LogP contribution < -0.4 is 0 Å². The monoisotopic (exact) mass is 1460 g/mol. The molecule has 10 nitrogen and oxygen atoms in total. The SMILES string of the molecule is c1ccc(-c2cccc(-c3nc(-c4ccccc4)nc(-c4ccc(-c5cc6c(oc7cccc(-c8cccc9c8oc8ccccc89)c76)c6ccccc56)cc4)n3)c2)cc1.c1ccc(-c2nc(-c3ccccc3)nc(-c3cccc(-c4cc5c(oc6cccc(-c7cccc8c7oc7ccccc78)c65)c5ccccc45)c3)n2)cc1. The van der Waals surface area contributed by atoms with E-state index in [0.717, 1.165) is 198 Å². The Morgan fingerprint density at radius 3 is 0.860 bits per heavy atom. The maximum absolute atomic E-state index is 6.74. The number of hydrogen-bond donors (Lipinski definition) is 0. The van der Waals surface area contributed by atoms with E-state index in [1.54, 1.807) is 0 Å². The van der Waals surface area contributed by atoms with E-state index < -0.39 is 0 Å². The lowest BCUT2D eigenvalue weighted by Gasteiger charge is -2.12. The van der Waals surface area contributed by atoms with Crippen molar-refractivity contribution in [2.24, 2.45) is 0 Å². The van der Waals surface area contributed by atoms with Crippen LogP contribution in [0.1, 0.15) is 0 Å². The average Bonchev–Trinajstić information content (AvgIpc) is 1.57. The van der Waals surface area contributed by atoms with Gasteiger partial charge in [0.25, 0.3) is 0 Å². The molecule has 0 saturated heterocycles. The number of benzene rings is 17. The van der Waals surface area contributed by atoms with Crippen LogP contribution in [-0.4, -0.2) is 29.9 Å². The quantitative estimate of drug-likeness (QED) is 0.123. The molecule has 23 aromatic rings. The van der Waals surface area contributed by atoms with Gasteiger partial charge in [0.1, 0.15) is 44.7 Å². The zero-order chi connectivity index (χ0) is 75.2. The van der Waals surface area contributed by atoms with Crippen LogP contribution in [0.3, 0.4) is 0 Å². The third kappa shape index (κ3) is 11.3. The zero-order valence-corrected chi connectivity index (χ0v) is 61.1. The van der Waals surface area contributed by atoms with E-state index >= 15 is 0 Å². The Balaban J connectivity index is 0.000000140. The Morgan fingerprint density at radius 2 is 0.412 bits per heavy atom. The molecule has 0 N–H and O–H groups in total. The van der Waals surface area contributed by atoms with Gasteiger partial charge in [0.05, 0.1) is 0 Å². The maximum Gasteiger partial charge on any atom is 0.164 e. The largest absolute Gasteiger partial charge is 0.455 e. The molecule has 0 fully saturated rings. The highest BCUT2D eigenvalue weighted by atomic mass is 16.3. The lowest BCUT2D eigenvalue weighted by Crippen LogP contribution is -2.00. The Kier molecular flexibility index (Phi) is 15.7. The molecule has 17 aromatic carbocycles. The molecule has 0 aliphatic carbocycles. The molecule has 0 amide bonds.